The Kier molecular flexibility index (Phi) is 4.72. The Morgan fingerprint density at radius 1 is 1.33 bits per heavy atom. The van der Waals surface area contributed by atoms with Gasteiger partial charge in [0, 0.05) is 12.6 Å². The first-order chi connectivity index (χ1) is 9.83. The zero-order chi connectivity index (χ0) is 15.5. The van der Waals surface area contributed by atoms with E-state index < -0.39 is 6.36 Å². The van der Waals surface area contributed by atoms with Crippen LogP contribution < -0.4 is 15.8 Å². The van der Waals surface area contributed by atoms with Crippen molar-refractivity contribution in [2.75, 3.05) is 6.54 Å². The van der Waals surface area contributed by atoms with Crippen molar-refractivity contribution in [1.29, 1.82) is 0 Å². The minimum Gasteiger partial charge on any atom is -0.406 e. The molecular formula is C14H17F3N2O2. The van der Waals surface area contributed by atoms with Crippen LogP contribution in [0.4, 0.5) is 13.2 Å². The molecule has 0 bridgehead atoms. The molecule has 1 saturated carbocycles. The predicted molar refractivity (Wildman–Crippen MR) is 70.5 cm³/mol. The van der Waals surface area contributed by atoms with Crippen molar-refractivity contribution in [1.82, 2.24) is 5.32 Å². The maximum absolute atomic E-state index is 12.0. The van der Waals surface area contributed by atoms with Crippen LogP contribution in [-0.4, -0.2) is 24.9 Å². The van der Waals surface area contributed by atoms with Crippen molar-refractivity contribution in [2.45, 2.75) is 31.7 Å². The Bertz CT molecular complexity index is 484. The van der Waals surface area contributed by atoms with Gasteiger partial charge >= 0.3 is 6.36 Å². The van der Waals surface area contributed by atoms with Gasteiger partial charge in [-0.2, -0.15) is 0 Å². The summed E-state index contributed by atoms with van der Waals surface area (Å²) in [4.78, 5) is 11.7. The minimum atomic E-state index is -4.71. The third-order valence-electron chi connectivity index (χ3n) is 3.28. The minimum absolute atomic E-state index is 0.0171. The van der Waals surface area contributed by atoms with Crippen LogP contribution in [-0.2, 0) is 11.2 Å². The van der Waals surface area contributed by atoms with E-state index in [2.05, 4.69) is 10.1 Å². The fraction of sp³-hybridized carbons (Fsp3) is 0.500. The molecule has 116 valence electrons. The summed E-state index contributed by atoms with van der Waals surface area (Å²) in [5.41, 5.74) is 6.47. The fourth-order valence-corrected chi connectivity index (χ4v) is 1.98. The average molecular weight is 302 g/mol. The molecule has 0 aromatic heterocycles. The van der Waals surface area contributed by atoms with Crippen molar-refractivity contribution in [2.24, 2.45) is 11.7 Å². The van der Waals surface area contributed by atoms with Crippen molar-refractivity contribution >= 4 is 5.91 Å². The van der Waals surface area contributed by atoms with Gasteiger partial charge in [0.05, 0.1) is 6.42 Å². The number of rotatable bonds is 6. The van der Waals surface area contributed by atoms with Crippen LogP contribution in [0, 0.1) is 5.92 Å². The molecule has 7 heteroatoms. The molecule has 1 aromatic rings. The molecule has 3 N–H and O–H groups in total. The first kappa shape index (κ1) is 15.6. The van der Waals surface area contributed by atoms with E-state index in [1.54, 1.807) is 0 Å². The molecule has 0 aliphatic heterocycles. The van der Waals surface area contributed by atoms with Crippen LogP contribution >= 0.6 is 0 Å². The standard InChI is InChI=1S/C14H17F3N2O2/c15-14(16,17)21-11-5-1-9(2-6-11)7-13(20)19-8-12(18)10-3-4-10/h1-2,5-6,10,12H,3-4,7-8,18H2,(H,19,20). The van der Waals surface area contributed by atoms with Crippen molar-refractivity contribution in [3.05, 3.63) is 29.8 Å². The van der Waals surface area contributed by atoms with Crippen molar-refractivity contribution in [3.8, 4) is 5.75 Å². The predicted octanol–water partition coefficient (Wildman–Crippen LogP) is 1.98. The second-order valence-electron chi connectivity index (χ2n) is 5.17. The van der Waals surface area contributed by atoms with E-state index in [4.69, 9.17) is 5.73 Å². The lowest BCUT2D eigenvalue weighted by atomic mass is 10.1. The Labute approximate surface area is 120 Å². The summed E-state index contributed by atoms with van der Waals surface area (Å²) in [7, 11) is 0. The number of amides is 1. The first-order valence-corrected chi connectivity index (χ1v) is 6.70. The molecule has 0 heterocycles. The van der Waals surface area contributed by atoms with Crippen molar-refractivity contribution in [3.63, 3.8) is 0 Å². The zero-order valence-electron chi connectivity index (χ0n) is 11.3. The van der Waals surface area contributed by atoms with Crippen LogP contribution in [0.15, 0.2) is 24.3 Å². The second kappa shape index (κ2) is 6.34. The van der Waals surface area contributed by atoms with E-state index in [0.717, 1.165) is 12.8 Å². The maximum Gasteiger partial charge on any atom is 0.573 e. The van der Waals surface area contributed by atoms with Gasteiger partial charge in [-0.1, -0.05) is 12.1 Å². The number of halogens is 3. The SMILES string of the molecule is NC(CNC(=O)Cc1ccc(OC(F)(F)F)cc1)C1CC1. The van der Waals surface area contributed by atoms with Crippen LogP contribution in [0.1, 0.15) is 18.4 Å². The highest BCUT2D eigenvalue weighted by atomic mass is 19.4. The van der Waals surface area contributed by atoms with Crippen LogP contribution in [0.25, 0.3) is 0 Å². The smallest absolute Gasteiger partial charge is 0.406 e. The number of carbonyl (C=O) groups excluding carboxylic acids is 1. The Morgan fingerprint density at radius 3 is 2.48 bits per heavy atom. The number of carbonyl (C=O) groups is 1. The molecule has 4 nitrogen and oxygen atoms in total. The maximum atomic E-state index is 12.0. The van der Waals surface area contributed by atoms with E-state index in [0.29, 0.717) is 18.0 Å². The number of nitrogens with one attached hydrogen (secondary N) is 1. The van der Waals surface area contributed by atoms with Gasteiger partial charge in [0.25, 0.3) is 0 Å². The topological polar surface area (TPSA) is 64.3 Å². The van der Waals surface area contributed by atoms with E-state index in [-0.39, 0.29) is 24.1 Å². The molecule has 1 amide bonds. The molecule has 0 spiro atoms. The van der Waals surface area contributed by atoms with Gasteiger partial charge in [0.1, 0.15) is 5.75 Å². The van der Waals surface area contributed by atoms with Crippen molar-refractivity contribution < 1.29 is 22.7 Å². The second-order valence-corrected chi connectivity index (χ2v) is 5.17. The Morgan fingerprint density at radius 2 is 1.95 bits per heavy atom. The summed E-state index contributed by atoms with van der Waals surface area (Å²) in [6, 6.07) is 5.22. The summed E-state index contributed by atoms with van der Waals surface area (Å²) >= 11 is 0. The number of ether oxygens (including phenoxy) is 1. The molecule has 2 rings (SSSR count). The lowest BCUT2D eigenvalue weighted by Crippen LogP contribution is -2.39. The van der Waals surface area contributed by atoms with E-state index >= 15 is 0 Å². The van der Waals surface area contributed by atoms with Gasteiger partial charge in [-0.25, -0.2) is 0 Å². The molecule has 1 aromatic carbocycles. The molecule has 0 radical (unpaired) electrons. The summed E-state index contributed by atoms with van der Waals surface area (Å²) < 4.78 is 39.8. The fourth-order valence-electron chi connectivity index (χ4n) is 1.98. The first-order valence-electron chi connectivity index (χ1n) is 6.70. The summed E-state index contributed by atoms with van der Waals surface area (Å²) in [5.74, 6) is 0.00195. The van der Waals surface area contributed by atoms with E-state index in [1.165, 1.54) is 24.3 Å². The highest BCUT2D eigenvalue weighted by Crippen LogP contribution is 2.31. The highest BCUT2D eigenvalue weighted by molar-refractivity contribution is 5.78. The number of nitrogens with two attached hydrogens (primary N) is 1. The molecule has 21 heavy (non-hydrogen) atoms. The zero-order valence-corrected chi connectivity index (χ0v) is 11.3. The molecule has 0 saturated heterocycles. The Hall–Kier alpha value is -1.76. The lowest BCUT2D eigenvalue weighted by molar-refractivity contribution is -0.274. The molecule has 1 atom stereocenters. The van der Waals surface area contributed by atoms with Gasteiger partial charge in [-0.3, -0.25) is 4.79 Å². The highest BCUT2D eigenvalue weighted by Gasteiger charge is 2.31. The van der Waals surface area contributed by atoms with Crippen LogP contribution in [0.2, 0.25) is 0 Å². The summed E-state index contributed by atoms with van der Waals surface area (Å²) in [6.45, 7) is 0.429. The monoisotopic (exact) mass is 302 g/mol. The van der Waals surface area contributed by atoms with Crippen LogP contribution in [0.3, 0.4) is 0 Å². The largest absolute Gasteiger partial charge is 0.573 e. The number of benzene rings is 1. The average Bonchev–Trinajstić information content (AvgIpc) is 3.21. The van der Waals surface area contributed by atoms with Gasteiger partial charge in [-0.15, -0.1) is 13.2 Å². The van der Waals surface area contributed by atoms with Gasteiger partial charge in [-0.05, 0) is 36.5 Å². The molecular weight excluding hydrogens is 285 g/mol. The third kappa shape index (κ3) is 5.63. The summed E-state index contributed by atoms with van der Waals surface area (Å²) in [6.07, 6.45) is -2.39. The normalized spacial score (nSPS) is 16.4. The van der Waals surface area contributed by atoms with Gasteiger partial charge in [0.2, 0.25) is 5.91 Å². The molecule has 1 fully saturated rings. The van der Waals surface area contributed by atoms with Gasteiger partial charge in [0.15, 0.2) is 0 Å². The van der Waals surface area contributed by atoms with E-state index in [1.807, 2.05) is 0 Å². The third-order valence-corrected chi connectivity index (χ3v) is 3.28. The summed E-state index contributed by atoms with van der Waals surface area (Å²) in [5, 5.41) is 2.73. The number of hydrogen-bond donors (Lipinski definition) is 2. The van der Waals surface area contributed by atoms with Gasteiger partial charge < -0.3 is 15.8 Å². The van der Waals surface area contributed by atoms with E-state index in [9.17, 15) is 18.0 Å². The van der Waals surface area contributed by atoms with Crippen LogP contribution in [0.5, 0.6) is 5.75 Å². The quantitative estimate of drug-likeness (QED) is 0.844. The number of alkyl halides is 3. The lowest BCUT2D eigenvalue weighted by Gasteiger charge is -2.12. The molecule has 1 unspecified atom stereocenters. The Balaban J connectivity index is 1.78. The molecule has 1 aliphatic rings. The number of hydrogen-bond acceptors (Lipinski definition) is 3. The molecule has 1 aliphatic carbocycles.